The Bertz CT molecular complexity index is 600. The molecule has 0 aromatic carbocycles. The molecule has 2 aliphatic heterocycles. The van der Waals surface area contributed by atoms with E-state index in [4.69, 9.17) is 4.74 Å². The summed E-state index contributed by atoms with van der Waals surface area (Å²) < 4.78 is 32.8. The predicted octanol–water partition coefficient (Wildman–Crippen LogP) is 0.827. The molecule has 0 saturated carbocycles. The monoisotopic (exact) mass is 329 g/mol. The van der Waals surface area contributed by atoms with E-state index in [-0.39, 0.29) is 10.9 Å². The first-order valence-corrected chi connectivity index (χ1v) is 9.18. The second-order valence-corrected chi connectivity index (χ2v) is 9.32. The molecule has 3 rings (SSSR count). The summed E-state index contributed by atoms with van der Waals surface area (Å²) >= 11 is 1.82. The quantitative estimate of drug-likeness (QED) is 0.819. The number of ether oxygens (including phenoxy) is 1. The van der Waals surface area contributed by atoms with Crippen molar-refractivity contribution in [1.82, 2.24) is 13.6 Å². The number of rotatable bonds is 4. The Morgan fingerprint density at radius 3 is 2.86 bits per heavy atom. The first kappa shape index (κ1) is 15.1. The zero-order valence-corrected chi connectivity index (χ0v) is 13.7. The summed E-state index contributed by atoms with van der Waals surface area (Å²) in [4.78, 5) is 4.04. The van der Waals surface area contributed by atoms with E-state index in [1.165, 1.54) is 8.61 Å². The Hall–Kier alpha value is -0.830. The van der Waals surface area contributed by atoms with E-state index in [2.05, 4.69) is 4.98 Å². The minimum Gasteiger partial charge on any atom is -0.488 e. The molecule has 2 aliphatic rings. The van der Waals surface area contributed by atoms with Gasteiger partial charge in [0, 0.05) is 50.3 Å². The van der Waals surface area contributed by atoms with Crippen molar-refractivity contribution in [3.63, 3.8) is 0 Å². The summed E-state index contributed by atoms with van der Waals surface area (Å²) in [5.74, 6) is 1.67. The molecule has 116 valence electrons. The lowest BCUT2D eigenvalue weighted by Crippen LogP contribution is -2.62. The zero-order valence-electron chi connectivity index (χ0n) is 12.1. The Morgan fingerprint density at radius 1 is 1.48 bits per heavy atom. The van der Waals surface area contributed by atoms with Crippen LogP contribution in [-0.2, 0) is 10.2 Å². The number of aromatic nitrogens is 1. The van der Waals surface area contributed by atoms with Crippen LogP contribution in [0.15, 0.2) is 24.5 Å². The zero-order chi connectivity index (χ0) is 15.1. The maximum absolute atomic E-state index is 12.0. The highest BCUT2D eigenvalue weighted by atomic mass is 32.2. The smallest absolute Gasteiger partial charge is 0.281 e. The van der Waals surface area contributed by atoms with E-state index in [9.17, 15) is 8.42 Å². The molecule has 0 aliphatic carbocycles. The molecule has 1 unspecified atom stereocenters. The molecule has 21 heavy (non-hydrogen) atoms. The van der Waals surface area contributed by atoms with Crippen molar-refractivity contribution in [3.05, 3.63) is 24.5 Å². The normalized spacial score (nSPS) is 25.2. The van der Waals surface area contributed by atoms with E-state index < -0.39 is 10.2 Å². The van der Waals surface area contributed by atoms with Crippen LogP contribution in [0.3, 0.4) is 0 Å². The van der Waals surface area contributed by atoms with Crippen molar-refractivity contribution < 1.29 is 13.2 Å². The van der Waals surface area contributed by atoms with Gasteiger partial charge in [0.25, 0.3) is 10.2 Å². The molecule has 1 aromatic heterocycles. The Labute approximate surface area is 129 Å². The van der Waals surface area contributed by atoms with Gasteiger partial charge in [0.1, 0.15) is 11.9 Å². The van der Waals surface area contributed by atoms with Gasteiger partial charge in [-0.1, -0.05) is 0 Å². The molecule has 3 heterocycles. The van der Waals surface area contributed by atoms with Gasteiger partial charge in [-0.3, -0.25) is 4.98 Å². The summed E-state index contributed by atoms with van der Waals surface area (Å²) in [6, 6.07) is 3.74. The fourth-order valence-electron chi connectivity index (χ4n) is 2.70. The first-order valence-electron chi connectivity index (χ1n) is 6.80. The maximum Gasteiger partial charge on any atom is 0.281 e. The second kappa shape index (κ2) is 5.42. The van der Waals surface area contributed by atoms with Crippen molar-refractivity contribution in [2.45, 2.75) is 17.3 Å². The molecule has 0 amide bonds. The van der Waals surface area contributed by atoms with Gasteiger partial charge in [-0.05, 0) is 12.1 Å². The predicted molar refractivity (Wildman–Crippen MR) is 82.6 cm³/mol. The van der Waals surface area contributed by atoms with Crippen molar-refractivity contribution in [3.8, 4) is 5.75 Å². The molecule has 0 bridgehead atoms. The second-order valence-electron chi connectivity index (χ2n) is 5.68. The molecule has 6 nitrogen and oxygen atoms in total. The number of thioether (sulfide) groups is 1. The molecular weight excluding hydrogens is 310 g/mol. The Balaban J connectivity index is 1.57. The van der Waals surface area contributed by atoms with Crippen LogP contribution in [0.5, 0.6) is 5.75 Å². The SMILES string of the molecule is CN(C)S(=O)(=O)N1CC2(CC(Oc3cccnc3)CS2)C1. The summed E-state index contributed by atoms with van der Waals surface area (Å²) in [6.45, 7) is 1.15. The molecule has 1 atom stereocenters. The third-order valence-corrected chi connectivity index (χ3v) is 7.24. The molecule has 2 fully saturated rings. The average molecular weight is 329 g/mol. The van der Waals surface area contributed by atoms with E-state index >= 15 is 0 Å². The van der Waals surface area contributed by atoms with Crippen LogP contribution in [0.1, 0.15) is 6.42 Å². The standard InChI is InChI=1S/C13H19N3O3S2/c1-15(2)21(17,18)16-9-13(10-16)6-12(8-20-13)19-11-4-3-5-14-7-11/h3-5,7,12H,6,8-10H2,1-2H3. The Morgan fingerprint density at radius 2 is 2.24 bits per heavy atom. The van der Waals surface area contributed by atoms with Crippen molar-refractivity contribution in [2.24, 2.45) is 0 Å². The summed E-state index contributed by atoms with van der Waals surface area (Å²) in [7, 11) is -0.146. The first-order chi connectivity index (χ1) is 9.91. The van der Waals surface area contributed by atoms with Crippen LogP contribution in [-0.4, -0.2) is 65.8 Å². The molecule has 1 aromatic rings. The molecular formula is C13H19N3O3S2. The van der Waals surface area contributed by atoms with Crippen molar-refractivity contribution >= 4 is 22.0 Å². The van der Waals surface area contributed by atoms with E-state index in [0.717, 1.165) is 17.9 Å². The van der Waals surface area contributed by atoms with Crippen LogP contribution in [0.4, 0.5) is 0 Å². The fourth-order valence-corrected chi connectivity index (χ4v) is 5.67. The number of hydrogen-bond donors (Lipinski definition) is 0. The largest absolute Gasteiger partial charge is 0.488 e. The van der Waals surface area contributed by atoms with Gasteiger partial charge in [-0.2, -0.15) is 17.0 Å². The molecule has 2 saturated heterocycles. The minimum absolute atomic E-state index is 0.0238. The molecule has 0 N–H and O–H groups in total. The highest BCUT2D eigenvalue weighted by molar-refractivity contribution is 8.01. The summed E-state index contributed by atoms with van der Waals surface area (Å²) in [6.07, 6.45) is 4.43. The van der Waals surface area contributed by atoms with Crippen LogP contribution in [0.2, 0.25) is 0 Å². The lowest BCUT2D eigenvalue weighted by Gasteiger charge is -2.46. The Kier molecular flexibility index (Phi) is 3.89. The third-order valence-electron chi connectivity index (χ3n) is 3.83. The van der Waals surface area contributed by atoms with Gasteiger partial charge in [0.05, 0.1) is 6.20 Å². The lowest BCUT2D eigenvalue weighted by molar-refractivity contribution is 0.155. The van der Waals surface area contributed by atoms with Gasteiger partial charge >= 0.3 is 0 Å². The maximum atomic E-state index is 12.0. The van der Waals surface area contributed by atoms with Gasteiger partial charge in [0.15, 0.2) is 0 Å². The number of hydrogen-bond acceptors (Lipinski definition) is 5. The van der Waals surface area contributed by atoms with E-state index in [0.29, 0.717) is 13.1 Å². The third kappa shape index (κ3) is 2.90. The van der Waals surface area contributed by atoms with Crippen molar-refractivity contribution in [2.75, 3.05) is 32.9 Å². The van der Waals surface area contributed by atoms with E-state index in [1.54, 1.807) is 26.5 Å². The number of nitrogens with zero attached hydrogens (tertiary/aromatic N) is 3. The van der Waals surface area contributed by atoms with Crippen LogP contribution in [0, 0.1) is 0 Å². The average Bonchev–Trinajstić information content (AvgIpc) is 2.82. The van der Waals surface area contributed by atoms with Crippen LogP contribution >= 0.6 is 11.8 Å². The highest BCUT2D eigenvalue weighted by Gasteiger charge is 2.53. The van der Waals surface area contributed by atoms with Gasteiger partial charge in [-0.25, -0.2) is 0 Å². The topological polar surface area (TPSA) is 62.7 Å². The number of pyridine rings is 1. The minimum atomic E-state index is -3.28. The van der Waals surface area contributed by atoms with Gasteiger partial charge < -0.3 is 4.74 Å². The fraction of sp³-hybridized carbons (Fsp3) is 0.615. The molecule has 0 radical (unpaired) electrons. The highest BCUT2D eigenvalue weighted by Crippen LogP contribution is 2.47. The van der Waals surface area contributed by atoms with Crippen LogP contribution in [0.25, 0.3) is 0 Å². The summed E-state index contributed by atoms with van der Waals surface area (Å²) in [5, 5.41) is 0. The van der Waals surface area contributed by atoms with E-state index in [1.807, 2.05) is 23.9 Å². The molecule has 8 heteroatoms. The summed E-state index contributed by atoms with van der Waals surface area (Å²) in [5.41, 5.74) is 0. The van der Waals surface area contributed by atoms with Crippen LogP contribution < -0.4 is 4.74 Å². The lowest BCUT2D eigenvalue weighted by atomic mass is 9.95. The van der Waals surface area contributed by atoms with Gasteiger partial charge in [-0.15, -0.1) is 11.8 Å². The molecule has 1 spiro atoms. The van der Waals surface area contributed by atoms with Gasteiger partial charge in [0.2, 0.25) is 0 Å². The van der Waals surface area contributed by atoms with Crippen molar-refractivity contribution in [1.29, 1.82) is 0 Å².